The van der Waals surface area contributed by atoms with Crippen LogP contribution in [0.5, 0.6) is 0 Å². The van der Waals surface area contributed by atoms with Crippen molar-refractivity contribution in [1.82, 2.24) is 10.6 Å². The summed E-state index contributed by atoms with van der Waals surface area (Å²) in [7, 11) is 0. The second kappa shape index (κ2) is 7.83. The summed E-state index contributed by atoms with van der Waals surface area (Å²) >= 11 is 0. The SMILES string of the molecule is NC(=O)NCc1ccc(C(=O)NC2CCCCc3ccccc32)cc1. The molecule has 0 bridgehead atoms. The first-order valence-electron chi connectivity index (χ1n) is 8.64. The smallest absolute Gasteiger partial charge is 0.312 e. The number of rotatable bonds is 4. The van der Waals surface area contributed by atoms with Gasteiger partial charge in [-0.05, 0) is 48.1 Å². The predicted octanol–water partition coefficient (Wildman–Crippen LogP) is 3.05. The number of aryl methyl sites for hydroxylation is 1. The lowest BCUT2D eigenvalue weighted by atomic mass is 9.98. The number of benzene rings is 2. The molecule has 0 aromatic heterocycles. The fourth-order valence-electron chi connectivity index (χ4n) is 3.28. The highest BCUT2D eigenvalue weighted by molar-refractivity contribution is 5.94. The highest BCUT2D eigenvalue weighted by Gasteiger charge is 2.20. The van der Waals surface area contributed by atoms with E-state index in [1.807, 2.05) is 18.2 Å². The van der Waals surface area contributed by atoms with Gasteiger partial charge in [-0.15, -0.1) is 0 Å². The largest absolute Gasteiger partial charge is 0.352 e. The van der Waals surface area contributed by atoms with Crippen molar-refractivity contribution < 1.29 is 9.59 Å². The first-order valence-corrected chi connectivity index (χ1v) is 8.64. The maximum absolute atomic E-state index is 12.6. The van der Waals surface area contributed by atoms with Gasteiger partial charge in [0.2, 0.25) is 0 Å². The van der Waals surface area contributed by atoms with Crippen LogP contribution in [0.4, 0.5) is 4.79 Å². The van der Waals surface area contributed by atoms with Gasteiger partial charge in [0.15, 0.2) is 0 Å². The molecule has 2 aromatic carbocycles. The molecule has 130 valence electrons. The summed E-state index contributed by atoms with van der Waals surface area (Å²) in [5.74, 6) is -0.0730. The van der Waals surface area contributed by atoms with Crippen molar-refractivity contribution in [2.45, 2.75) is 38.3 Å². The van der Waals surface area contributed by atoms with Crippen LogP contribution in [0, 0.1) is 0 Å². The van der Waals surface area contributed by atoms with Crippen LogP contribution in [-0.2, 0) is 13.0 Å². The Morgan fingerprint density at radius 2 is 1.80 bits per heavy atom. The minimum absolute atomic E-state index is 0.0578. The van der Waals surface area contributed by atoms with E-state index in [-0.39, 0.29) is 11.9 Å². The molecule has 1 aliphatic rings. The maximum atomic E-state index is 12.6. The van der Waals surface area contributed by atoms with E-state index >= 15 is 0 Å². The molecule has 1 aliphatic carbocycles. The first-order chi connectivity index (χ1) is 12.1. The lowest BCUT2D eigenvalue weighted by molar-refractivity contribution is 0.0934. The fourth-order valence-corrected chi connectivity index (χ4v) is 3.28. The van der Waals surface area contributed by atoms with Crippen LogP contribution < -0.4 is 16.4 Å². The van der Waals surface area contributed by atoms with Gasteiger partial charge in [0.25, 0.3) is 5.91 Å². The van der Waals surface area contributed by atoms with Gasteiger partial charge in [0, 0.05) is 12.1 Å². The van der Waals surface area contributed by atoms with Gasteiger partial charge in [-0.1, -0.05) is 42.8 Å². The quantitative estimate of drug-likeness (QED) is 0.749. The number of hydrogen-bond donors (Lipinski definition) is 3. The zero-order valence-corrected chi connectivity index (χ0v) is 14.1. The summed E-state index contributed by atoms with van der Waals surface area (Å²) in [6, 6.07) is 15.1. The van der Waals surface area contributed by atoms with Crippen molar-refractivity contribution in [1.29, 1.82) is 0 Å². The Hall–Kier alpha value is -2.82. The summed E-state index contributed by atoms with van der Waals surface area (Å²) in [6.07, 6.45) is 4.30. The molecule has 0 saturated heterocycles. The topological polar surface area (TPSA) is 84.2 Å². The van der Waals surface area contributed by atoms with Gasteiger partial charge in [-0.25, -0.2) is 4.79 Å². The Morgan fingerprint density at radius 1 is 1.04 bits per heavy atom. The summed E-state index contributed by atoms with van der Waals surface area (Å²) in [5, 5.41) is 5.70. The summed E-state index contributed by atoms with van der Waals surface area (Å²) in [5.41, 5.74) is 9.14. The first kappa shape index (κ1) is 17.0. The van der Waals surface area contributed by atoms with Crippen LogP contribution in [-0.4, -0.2) is 11.9 Å². The van der Waals surface area contributed by atoms with Crippen molar-refractivity contribution in [3.63, 3.8) is 0 Å². The predicted molar refractivity (Wildman–Crippen MR) is 97.1 cm³/mol. The molecular formula is C20H23N3O2. The van der Waals surface area contributed by atoms with Crippen LogP contribution in [0.15, 0.2) is 48.5 Å². The molecule has 5 heteroatoms. The van der Waals surface area contributed by atoms with Crippen molar-refractivity contribution in [2.24, 2.45) is 5.73 Å². The molecule has 3 rings (SSSR count). The fraction of sp³-hybridized carbons (Fsp3) is 0.300. The zero-order valence-electron chi connectivity index (χ0n) is 14.1. The number of urea groups is 1. The van der Waals surface area contributed by atoms with E-state index in [9.17, 15) is 9.59 Å². The van der Waals surface area contributed by atoms with Crippen LogP contribution in [0.2, 0.25) is 0 Å². The van der Waals surface area contributed by atoms with Crippen LogP contribution >= 0.6 is 0 Å². The van der Waals surface area contributed by atoms with E-state index in [4.69, 9.17) is 5.73 Å². The number of carbonyl (C=O) groups is 2. The zero-order chi connectivity index (χ0) is 17.6. The molecule has 2 aromatic rings. The molecule has 4 N–H and O–H groups in total. The highest BCUT2D eigenvalue weighted by Crippen LogP contribution is 2.28. The number of nitrogens with one attached hydrogen (secondary N) is 2. The molecule has 0 saturated carbocycles. The third-order valence-corrected chi connectivity index (χ3v) is 4.61. The molecular weight excluding hydrogens is 314 g/mol. The van der Waals surface area contributed by atoms with E-state index in [0.29, 0.717) is 12.1 Å². The average Bonchev–Trinajstić information content (AvgIpc) is 2.83. The highest BCUT2D eigenvalue weighted by atomic mass is 16.2. The van der Waals surface area contributed by atoms with Crippen LogP contribution in [0.25, 0.3) is 0 Å². The van der Waals surface area contributed by atoms with E-state index in [1.165, 1.54) is 11.1 Å². The molecule has 0 radical (unpaired) electrons. The van der Waals surface area contributed by atoms with E-state index in [2.05, 4.69) is 28.8 Å². The van der Waals surface area contributed by atoms with Gasteiger partial charge in [-0.3, -0.25) is 4.79 Å². The van der Waals surface area contributed by atoms with Gasteiger partial charge in [-0.2, -0.15) is 0 Å². The van der Waals surface area contributed by atoms with Crippen molar-refractivity contribution in [3.05, 3.63) is 70.8 Å². The number of nitrogens with two attached hydrogens (primary N) is 1. The van der Waals surface area contributed by atoms with Crippen molar-refractivity contribution in [3.8, 4) is 0 Å². The summed E-state index contributed by atoms with van der Waals surface area (Å²) in [4.78, 5) is 23.4. The number of amides is 3. The normalized spacial score (nSPS) is 16.4. The lowest BCUT2D eigenvalue weighted by Crippen LogP contribution is -2.29. The van der Waals surface area contributed by atoms with Crippen LogP contribution in [0.3, 0.4) is 0 Å². The summed E-state index contributed by atoms with van der Waals surface area (Å²) < 4.78 is 0. The Morgan fingerprint density at radius 3 is 2.56 bits per heavy atom. The minimum Gasteiger partial charge on any atom is -0.352 e. The molecule has 0 heterocycles. The number of carbonyl (C=O) groups excluding carboxylic acids is 2. The van der Waals surface area contributed by atoms with Gasteiger partial charge in [0.1, 0.15) is 0 Å². The minimum atomic E-state index is -0.561. The number of hydrogen-bond acceptors (Lipinski definition) is 2. The molecule has 1 unspecified atom stereocenters. The molecule has 5 nitrogen and oxygen atoms in total. The van der Waals surface area contributed by atoms with Crippen LogP contribution in [0.1, 0.15) is 52.4 Å². The average molecular weight is 337 g/mol. The maximum Gasteiger partial charge on any atom is 0.312 e. The Kier molecular flexibility index (Phi) is 5.33. The van der Waals surface area contributed by atoms with Gasteiger partial charge >= 0.3 is 6.03 Å². The van der Waals surface area contributed by atoms with Gasteiger partial charge < -0.3 is 16.4 Å². The molecule has 3 amide bonds. The van der Waals surface area contributed by atoms with E-state index < -0.39 is 6.03 Å². The Labute approximate surface area is 147 Å². The molecule has 0 aliphatic heterocycles. The van der Waals surface area contributed by atoms with Crippen molar-refractivity contribution >= 4 is 11.9 Å². The third kappa shape index (κ3) is 4.38. The molecule has 1 atom stereocenters. The Bertz CT molecular complexity index is 756. The summed E-state index contributed by atoms with van der Waals surface area (Å²) in [6.45, 7) is 0.354. The second-order valence-corrected chi connectivity index (χ2v) is 6.39. The second-order valence-electron chi connectivity index (χ2n) is 6.39. The molecule has 0 spiro atoms. The lowest BCUT2D eigenvalue weighted by Gasteiger charge is -2.19. The molecule has 25 heavy (non-hydrogen) atoms. The number of fused-ring (bicyclic) bond motifs is 1. The standard InChI is InChI=1S/C20H23N3O2/c21-20(25)22-13-14-9-11-16(12-10-14)19(24)23-18-8-4-2-6-15-5-1-3-7-17(15)18/h1,3,5,7,9-12,18H,2,4,6,8,13H2,(H,23,24)(H3,21,22,25). The van der Waals surface area contributed by atoms with Crippen molar-refractivity contribution in [2.75, 3.05) is 0 Å². The monoisotopic (exact) mass is 337 g/mol. The van der Waals surface area contributed by atoms with E-state index in [1.54, 1.807) is 12.1 Å². The third-order valence-electron chi connectivity index (χ3n) is 4.61. The van der Waals surface area contributed by atoms with E-state index in [0.717, 1.165) is 31.2 Å². The molecule has 0 fully saturated rings. The Balaban J connectivity index is 1.69. The van der Waals surface area contributed by atoms with Gasteiger partial charge in [0.05, 0.1) is 6.04 Å². The number of primary amides is 1.